The van der Waals surface area contributed by atoms with Crippen molar-refractivity contribution in [1.29, 1.82) is 0 Å². The summed E-state index contributed by atoms with van der Waals surface area (Å²) in [6.07, 6.45) is 2.87. The Morgan fingerprint density at radius 3 is 2.42 bits per heavy atom. The lowest BCUT2D eigenvalue weighted by atomic mass is 9.75. The summed E-state index contributed by atoms with van der Waals surface area (Å²) in [5, 5.41) is 12.1. The number of rotatable bonds is 7. The fourth-order valence-corrected chi connectivity index (χ4v) is 7.21. The van der Waals surface area contributed by atoms with E-state index in [4.69, 9.17) is 14.0 Å². The Hall–Kier alpha value is -2.01. The smallest absolute Gasteiger partial charge is 0.264 e. The van der Waals surface area contributed by atoms with Gasteiger partial charge in [-0.25, -0.2) is 0 Å². The molecule has 33 heavy (non-hydrogen) atoms. The zero-order valence-electron chi connectivity index (χ0n) is 20.2. The van der Waals surface area contributed by atoms with Crippen LogP contribution in [0.15, 0.2) is 42.5 Å². The van der Waals surface area contributed by atoms with Gasteiger partial charge in [-0.3, -0.25) is 4.57 Å². The summed E-state index contributed by atoms with van der Waals surface area (Å²) < 4.78 is 32.1. The van der Waals surface area contributed by atoms with Crippen LogP contribution in [0.2, 0.25) is 0 Å². The Kier molecular flexibility index (Phi) is 7.09. The van der Waals surface area contributed by atoms with Gasteiger partial charge in [0, 0.05) is 25.1 Å². The maximum Gasteiger partial charge on any atom is 0.264 e. The predicted molar refractivity (Wildman–Crippen MR) is 132 cm³/mol. The topological polar surface area (TPSA) is 68.2 Å². The van der Waals surface area contributed by atoms with Gasteiger partial charge in [-0.1, -0.05) is 33.3 Å². The molecule has 0 unspecified atom stereocenters. The van der Waals surface area contributed by atoms with Crippen molar-refractivity contribution >= 4 is 18.4 Å². The fourth-order valence-electron chi connectivity index (χ4n) is 4.93. The molecule has 0 radical (unpaired) electrons. The molecule has 0 aromatic heterocycles. The molecule has 2 aromatic rings. The van der Waals surface area contributed by atoms with Gasteiger partial charge < -0.3 is 24.0 Å². The molecule has 5 atom stereocenters. The molecule has 1 aliphatic carbocycles. The third-order valence-electron chi connectivity index (χ3n) is 7.00. The number of benzene rings is 2. The van der Waals surface area contributed by atoms with Crippen molar-refractivity contribution in [3.05, 3.63) is 48.0 Å². The maximum absolute atomic E-state index is 14.7. The zero-order valence-corrected chi connectivity index (χ0v) is 21.1. The first kappa shape index (κ1) is 24.1. The number of aliphatic hydroxyl groups is 1. The van der Waals surface area contributed by atoms with Crippen LogP contribution in [0.4, 0.5) is 5.69 Å². The standard InChI is InChI=1S/C26H36NO5P/c1-17(2)22-12-6-18(3)14-24(22)32-33(29,21-10-8-20(9-11-21)27(4)5)26(28)19-7-13-23-25(15-19)31-16-30-23/h7-11,13,15,17-18,22,24,26,28H,6,12,14,16H2,1-5H3/t18-,22-,24+,26-,33+/m0/s1. The number of anilines is 1. The summed E-state index contributed by atoms with van der Waals surface area (Å²) in [6.45, 7) is 6.76. The molecule has 7 heteroatoms. The molecule has 1 heterocycles. The summed E-state index contributed by atoms with van der Waals surface area (Å²) in [7, 11) is 0.232. The van der Waals surface area contributed by atoms with Crippen molar-refractivity contribution in [2.75, 3.05) is 25.8 Å². The third-order valence-corrected chi connectivity index (χ3v) is 9.54. The monoisotopic (exact) mass is 473 g/mol. The summed E-state index contributed by atoms with van der Waals surface area (Å²) in [6, 6.07) is 12.7. The maximum atomic E-state index is 14.7. The van der Waals surface area contributed by atoms with Gasteiger partial charge in [0.15, 0.2) is 17.3 Å². The largest absolute Gasteiger partial charge is 0.454 e. The quantitative estimate of drug-likeness (QED) is 0.532. The number of aliphatic hydroxyl groups excluding tert-OH is 1. The molecule has 0 amide bonds. The van der Waals surface area contributed by atoms with E-state index in [9.17, 15) is 9.67 Å². The van der Waals surface area contributed by atoms with Gasteiger partial charge in [0.2, 0.25) is 6.79 Å². The lowest BCUT2D eigenvalue weighted by Crippen LogP contribution is -2.35. The van der Waals surface area contributed by atoms with Crippen LogP contribution in [0.1, 0.15) is 51.4 Å². The van der Waals surface area contributed by atoms with Crippen LogP contribution in [-0.2, 0) is 9.09 Å². The molecule has 1 N–H and O–H groups in total. The summed E-state index contributed by atoms with van der Waals surface area (Å²) in [5.74, 6) is 1.08. The van der Waals surface area contributed by atoms with Crippen LogP contribution in [0.3, 0.4) is 0 Å². The Labute approximate surface area is 197 Å². The number of nitrogens with zero attached hydrogens (tertiary/aromatic N) is 1. The van der Waals surface area contributed by atoms with Crippen molar-refractivity contribution < 1.29 is 23.7 Å². The van der Waals surface area contributed by atoms with Gasteiger partial charge in [-0.2, -0.15) is 0 Å². The fraction of sp³-hybridized carbons (Fsp3) is 0.538. The SMILES string of the molecule is CC(C)[C@@H]1CC[C@H](C)C[C@H]1O[P@](=O)(c1ccc(N(C)C)cc1)[C@H](O)c1ccc2c(c1)OCO2. The number of hydrogen-bond donors (Lipinski definition) is 1. The summed E-state index contributed by atoms with van der Waals surface area (Å²) in [5.41, 5.74) is 1.50. The minimum Gasteiger partial charge on any atom is -0.454 e. The highest BCUT2D eigenvalue weighted by atomic mass is 31.2. The van der Waals surface area contributed by atoms with Crippen LogP contribution in [0.5, 0.6) is 11.5 Å². The van der Waals surface area contributed by atoms with E-state index in [2.05, 4.69) is 20.8 Å². The van der Waals surface area contributed by atoms with Crippen molar-refractivity contribution in [3.8, 4) is 11.5 Å². The lowest BCUT2D eigenvalue weighted by molar-refractivity contribution is 0.0427. The molecule has 2 aromatic carbocycles. The van der Waals surface area contributed by atoms with Gasteiger partial charge in [0.05, 0.1) is 6.10 Å². The lowest BCUT2D eigenvalue weighted by Gasteiger charge is -2.40. The molecule has 1 saturated carbocycles. The molecular weight excluding hydrogens is 437 g/mol. The number of ether oxygens (including phenoxy) is 2. The highest BCUT2D eigenvalue weighted by Crippen LogP contribution is 2.61. The molecular formula is C26H36NO5P. The number of fused-ring (bicyclic) bond motifs is 1. The molecule has 4 rings (SSSR count). The Morgan fingerprint density at radius 1 is 1.06 bits per heavy atom. The Morgan fingerprint density at radius 2 is 1.76 bits per heavy atom. The van der Waals surface area contributed by atoms with E-state index in [0.29, 0.717) is 40.1 Å². The van der Waals surface area contributed by atoms with Crippen LogP contribution in [0, 0.1) is 17.8 Å². The van der Waals surface area contributed by atoms with E-state index >= 15 is 0 Å². The van der Waals surface area contributed by atoms with Gasteiger partial charge in [-0.15, -0.1) is 0 Å². The van der Waals surface area contributed by atoms with Gasteiger partial charge in [0.25, 0.3) is 7.37 Å². The first-order valence-electron chi connectivity index (χ1n) is 11.8. The predicted octanol–water partition coefficient (Wildman–Crippen LogP) is 5.55. The van der Waals surface area contributed by atoms with E-state index < -0.39 is 13.2 Å². The molecule has 0 bridgehead atoms. The zero-order chi connectivity index (χ0) is 23.8. The van der Waals surface area contributed by atoms with Gasteiger partial charge in [-0.05, 0) is 72.6 Å². The minimum absolute atomic E-state index is 0.144. The van der Waals surface area contributed by atoms with Crippen molar-refractivity contribution in [3.63, 3.8) is 0 Å². The molecule has 2 aliphatic rings. The normalized spacial score (nSPS) is 25.0. The molecule has 180 valence electrons. The second-order valence-electron chi connectivity index (χ2n) is 9.96. The molecule has 1 aliphatic heterocycles. The molecule has 1 fully saturated rings. The van der Waals surface area contributed by atoms with Crippen LogP contribution in [0.25, 0.3) is 0 Å². The summed E-state index contributed by atoms with van der Waals surface area (Å²) in [4.78, 5) is 1.99. The van der Waals surface area contributed by atoms with Crippen molar-refractivity contribution in [2.45, 2.75) is 52.0 Å². The van der Waals surface area contributed by atoms with Gasteiger partial charge in [0.1, 0.15) is 0 Å². The molecule has 0 saturated heterocycles. The van der Waals surface area contributed by atoms with Crippen molar-refractivity contribution in [2.24, 2.45) is 17.8 Å². The Balaban J connectivity index is 1.73. The van der Waals surface area contributed by atoms with Crippen molar-refractivity contribution in [1.82, 2.24) is 0 Å². The van der Waals surface area contributed by atoms with Crippen LogP contribution < -0.4 is 19.7 Å². The van der Waals surface area contributed by atoms with E-state index in [1.165, 1.54) is 0 Å². The highest BCUT2D eigenvalue weighted by Gasteiger charge is 2.43. The van der Waals surface area contributed by atoms with E-state index in [1.807, 2.05) is 43.3 Å². The highest BCUT2D eigenvalue weighted by molar-refractivity contribution is 7.67. The average molecular weight is 474 g/mol. The average Bonchev–Trinajstić information content (AvgIpc) is 3.26. The first-order valence-corrected chi connectivity index (χ1v) is 13.5. The van der Waals surface area contributed by atoms with E-state index in [-0.39, 0.29) is 12.9 Å². The second-order valence-corrected chi connectivity index (χ2v) is 12.4. The van der Waals surface area contributed by atoms with E-state index in [1.54, 1.807) is 18.2 Å². The summed E-state index contributed by atoms with van der Waals surface area (Å²) >= 11 is 0. The Bertz CT molecular complexity index is 1010. The van der Waals surface area contributed by atoms with Gasteiger partial charge >= 0.3 is 0 Å². The van der Waals surface area contributed by atoms with Crippen LogP contribution in [-0.4, -0.2) is 32.1 Å². The van der Waals surface area contributed by atoms with E-state index in [0.717, 1.165) is 24.9 Å². The molecule has 0 spiro atoms. The number of hydrogen-bond acceptors (Lipinski definition) is 6. The molecule has 6 nitrogen and oxygen atoms in total. The van der Waals surface area contributed by atoms with Crippen LogP contribution >= 0.6 is 7.37 Å². The second kappa shape index (κ2) is 9.69. The third kappa shape index (κ3) is 4.94. The minimum atomic E-state index is -3.69. The first-order chi connectivity index (χ1) is 15.7.